The summed E-state index contributed by atoms with van der Waals surface area (Å²) in [5.74, 6) is 0.201. The monoisotopic (exact) mass is 272 g/mol. The second-order valence-corrected chi connectivity index (χ2v) is 4.46. The van der Waals surface area contributed by atoms with Crippen LogP contribution in [0.3, 0.4) is 0 Å². The Hall–Kier alpha value is -2.77. The highest BCUT2D eigenvalue weighted by Gasteiger charge is 2.27. The minimum Gasteiger partial charge on any atom is -0.344 e. The first-order valence-corrected chi connectivity index (χ1v) is 6.16. The first-order chi connectivity index (χ1) is 9.72. The van der Waals surface area contributed by atoms with E-state index in [0.717, 1.165) is 5.56 Å². The lowest BCUT2D eigenvalue weighted by Gasteiger charge is -2.10. The number of tetrazole rings is 1. The van der Waals surface area contributed by atoms with Crippen molar-refractivity contribution in [3.8, 4) is 11.4 Å². The number of hydrogen-bond donors (Lipinski definition) is 3. The largest absolute Gasteiger partial charge is 0.344 e. The van der Waals surface area contributed by atoms with Crippen molar-refractivity contribution in [3.05, 3.63) is 24.3 Å². The van der Waals surface area contributed by atoms with Crippen molar-refractivity contribution < 1.29 is 9.59 Å². The molecule has 8 heteroatoms. The van der Waals surface area contributed by atoms with Gasteiger partial charge in [0.05, 0.1) is 0 Å². The average molecular weight is 272 g/mol. The van der Waals surface area contributed by atoms with Gasteiger partial charge in [0.25, 0.3) is 0 Å². The number of carbonyl (C=O) groups is 2. The van der Waals surface area contributed by atoms with Crippen LogP contribution in [-0.4, -0.2) is 38.5 Å². The molecule has 0 aliphatic carbocycles. The zero-order chi connectivity index (χ0) is 13.9. The first-order valence-electron chi connectivity index (χ1n) is 6.16. The average Bonchev–Trinajstić information content (AvgIpc) is 3.10. The van der Waals surface area contributed by atoms with Gasteiger partial charge in [0.2, 0.25) is 17.6 Å². The van der Waals surface area contributed by atoms with Gasteiger partial charge in [-0.05, 0) is 35.9 Å². The van der Waals surface area contributed by atoms with Crippen LogP contribution >= 0.6 is 0 Å². The summed E-state index contributed by atoms with van der Waals surface area (Å²) in [6.07, 6.45) is 0.931. The number of aromatic amines is 1. The molecule has 2 aromatic rings. The first kappa shape index (κ1) is 12.3. The summed E-state index contributed by atoms with van der Waals surface area (Å²) in [6, 6.07) is 6.63. The minimum absolute atomic E-state index is 0.0856. The molecule has 1 aromatic carbocycles. The number of aromatic nitrogens is 4. The topological polar surface area (TPSA) is 113 Å². The highest BCUT2D eigenvalue weighted by atomic mass is 16.2. The van der Waals surface area contributed by atoms with Crippen LogP contribution in [0.2, 0.25) is 0 Å². The Kier molecular flexibility index (Phi) is 3.12. The molecule has 1 aliphatic rings. The molecule has 2 heterocycles. The minimum atomic E-state index is -0.445. The molecule has 8 nitrogen and oxygen atoms in total. The highest BCUT2D eigenvalue weighted by Crippen LogP contribution is 2.17. The van der Waals surface area contributed by atoms with Crippen molar-refractivity contribution in [1.29, 1.82) is 0 Å². The fourth-order valence-electron chi connectivity index (χ4n) is 2.03. The lowest BCUT2D eigenvalue weighted by molar-refractivity contribution is -0.122. The molecule has 0 bridgehead atoms. The molecule has 20 heavy (non-hydrogen) atoms. The second kappa shape index (κ2) is 5.08. The van der Waals surface area contributed by atoms with E-state index in [1.54, 1.807) is 24.3 Å². The van der Waals surface area contributed by atoms with Crippen molar-refractivity contribution in [2.24, 2.45) is 0 Å². The zero-order valence-corrected chi connectivity index (χ0v) is 10.5. The molecule has 3 rings (SSSR count). The summed E-state index contributed by atoms with van der Waals surface area (Å²) in [4.78, 5) is 23.0. The number of rotatable bonds is 3. The number of nitrogens with zero attached hydrogens (tertiary/aromatic N) is 3. The van der Waals surface area contributed by atoms with Gasteiger partial charge in [-0.3, -0.25) is 9.59 Å². The van der Waals surface area contributed by atoms with E-state index in [4.69, 9.17) is 0 Å². The van der Waals surface area contributed by atoms with Crippen molar-refractivity contribution in [1.82, 2.24) is 25.9 Å². The van der Waals surface area contributed by atoms with E-state index in [2.05, 4.69) is 31.3 Å². The van der Waals surface area contributed by atoms with Crippen molar-refractivity contribution in [2.45, 2.75) is 18.9 Å². The van der Waals surface area contributed by atoms with E-state index < -0.39 is 6.04 Å². The maximum atomic E-state index is 11.9. The normalized spacial score (nSPS) is 17.8. The van der Waals surface area contributed by atoms with Gasteiger partial charge in [0.15, 0.2) is 0 Å². The predicted molar refractivity (Wildman–Crippen MR) is 69.4 cm³/mol. The van der Waals surface area contributed by atoms with E-state index in [1.165, 1.54) is 0 Å². The lowest BCUT2D eigenvalue weighted by Crippen LogP contribution is -2.37. The van der Waals surface area contributed by atoms with E-state index in [0.29, 0.717) is 24.4 Å². The SMILES string of the molecule is O=C1CCC(C(=O)Nc2ccc(-c3nn[nH]n3)cc2)N1. The quantitative estimate of drug-likeness (QED) is 0.732. The van der Waals surface area contributed by atoms with Gasteiger partial charge in [-0.15, -0.1) is 10.2 Å². The molecule has 1 unspecified atom stereocenters. The smallest absolute Gasteiger partial charge is 0.246 e. The van der Waals surface area contributed by atoms with E-state index >= 15 is 0 Å². The van der Waals surface area contributed by atoms with Gasteiger partial charge in [-0.1, -0.05) is 0 Å². The number of hydrogen-bond acceptors (Lipinski definition) is 5. The lowest BCUT2D eigenvalue weighted by atomic mass is 10.2. The summed E-state index contributed by atoms with van der Waals surface area (Å²) in [5.41, 5.74) is 1.45. The molecule has 1 saturated heterocycles. The van der Waals surface area contributed by atoms with Crippen molar-refractivity contribution in [2.75, 3.05) is 5.32 Å². The predicted octanol–water partition coefficient (Wildman–Crippen LogP) is 0.0838. The third-order valence-electron chi connectivity index (χ3n) is 3.07. The Bertz CT molecular complexity index is 622. The summed E-state index contributed by atoms with van der Waals surface area (Å²) in [7, 11) is 0. The van der Waals surface area contributed by atoms with Crippen LogP contribution in [0.5, 0.6) is 0 Å². The van der Waals surface area contributed by atoms with Crippen LogP contribution in [0.25, 0.3) is 11.4 Å². The molecule has 1 atom stereocenters. The Morgan fingerprint density at radius 2 is 2.10 bits per heavy atom. The van der Waals surface area contributed by atoms with Gasteiger partial charge < -0.3 is 10.6 Å². The molecule has 0 radical (unpaired) electrons. The highest BCUT2D eigenvalue weighted by molar-refractivity contribution is 5.99. The van der Waals surface area contributed by atoms with Crippen LogP contribution in [0, 0.1) is 0 Å². The van der Waals surface area contributed by atoms with E-state index in [9.17, 15) is 9.59 Å². The third kappa shape index (κ3) is 2.48. The van der Waals surface area contributed by atoms with Crippen LogP contribution in [0.1, 0.15) is 12.8 Å². The van der Waals surface area contributed by atoms with Crippen molar-refractivity contribution in [3.63, 3.8) is 0 Å². The maximum absolute atomic E-state index is 11.9. The third-order valence-corrected chi connectivity index (χ3v) is 3.07. The molecule has 3 N–H and O–H groups in total. The number of H-pyrrole nitrogens is 1. The number of amides is 2. The van der Waals surface area contributed by atoms with E-state index in [-0.39, 0.29) is 11.8 Å². The summed E-state index contributed by atoms with van der Waals surface area (Å²) in [6.45, 7) is 0. The van der Waals surface area contributed by atoms with Crippen LogP contribution in [0.4, 0.5) is 5.69 Å². The zero-order valence-electron chi connectivity index (χ0n) is 10.5. The molecule has 1 aliphatic heterocycles. The number of carbonyl (C=O) groups excluding carboxylic acids is 2. The van der Waals surface area contributed by atoms with E-state index in [1.807, 2.05) is 0 Å². The summed E-state index contributed by atoms with van der Waals surface area (Å²) in [5, 5.41) is 19.0. The Labute approximate surface area is 114 Å². The van der Waals surface area contributed by atoms with Crippen LogP contribution < -0.4 is 10.6 Å². The summed E-state index contributed by atoms with van der Waals surface area (Å²) >= 11 is 0. The summed E-state index contributed by atoms with van der Waals surface area (Å²) < 4.78 is 0. The molecule has 1 fully saturated rings. The fourth-order valence-corrected chi connectivity index (χ4v) is 2.03. The number of benzene rings is 1. The van der Waals surface area contributed by atoms with Gasteiger partial charge in [0, 0.05) is 17.7 Å². The van der Waals surface area contributed by atoms with Gasteiger partial charge >= 0.3 is 0 Å². The maximum Gasteiger partial charge on any atom is 0.246 e. The van der Waals surface area contributed by atoms with Crippen LogP contribution in [0.15, 0.2) is 24.3 Å². The molecular weight excluding hydrogens is 260 g/mol. The molecular formula is C12H12N6O2. The Morgan fingerprint density at radius 1 is 1.30 bits per heavy atom. The molecule has 0 saturated carbocycles. The van der Waals surface area contributed by atoms with Gasteiger partial charge in [-0.25, -0.2) is 0 Å². The van der Waals surface area contributed by atoms with Gasteiger partial charge in [0.1, 0.15) is 6.04 Å². The van der Waals surface area contributed by atoms with Gasteiger partial charge in [-0.2, -0.15) is 5.21 Å². The Morgan fingerprint density at radius 3 is 2.70 bits per heavy atom. The molecule has 102 valence electrons. The Balaban J connectivity index is 1.66. The molecule has 1 aromatic heterocycles. The fraction of sp³-hybridized carbons (Fsp3) is 0.250. The number of anilines is 1. The second-order valence-electron chi connectivity index (χ2n) is 4.46. The van der Waals surface area contributed by atoms with Crippen molar-refractivity contribution >= 4 is 17.5 Å². The van der Waals surface area contributed by atoms with Crippen LogP contribution in [-0.2, 0) is 9.59 Å². The number of nitrogens with one attached hydrogen (secondary N) is 3. The molecule has 2 amide bonds. The standard InChI is InChI=1S/C12H12N6O2/c19-10-6-5-9(14-10)12(20)13-8-3-1-7(2-4-8)11-15-17-18-16-11/h1-4,9H,5-6H2,(H,13,20)(H,14,19)(H,15,16,17,18). The molecule has 0 spiro atoms.